The van der Waals surface area contributed by atoms with Gasteiger partial charge in [0.25, 0.3) is 0 Å². The second-order valence-electron chi connectivity index (χ2n) is 4.70. The molecule has 1 saturated heterocycles. The van der Waals surface area contributed by atoms with Crippen molar-refractivity contribution in [3.8, 4) is 0 Å². The van der Waals surface area contributed by atoms with Crippen molar-refractivity contribution < 1.29 is 4.79 Å². The lowest BCUT2D eigenvalue weighted by atomic mass is 10.1. The van der Waals surface area contributed by atoms with E-state index in [1.54, 1.807) is 0 Å². The molecule has 2 rings (SSSR count). The fraction of sp³-hybridized carbons (Fsp3) is 0.692. The summed E-state index contributed by atoms with van der Waals surface area (Å²) in [4.78, 5) is 13.6. The van der Waals surface area contributed by atoms with E-state index < -0.39 is 0 Å². The van der Waals surface area contributed by atoms with Crippen molar-refractivity contribution in [2.24, 2.45) is 7.05 Å². The summed E-state index contributed by atoms with van der Waals surface area (Å²) < 4.78 is 1.93. The van der Waals surface area contributed by atoms with Gasteiger partial charge in [-0.3, -0.25) is 4.68 Å². The smallest absolute Gasteiger partial charge is 0.317 e. The van der Waals surface area contributed by atoms with Gasteiger partial charge in [0, 0.05) is 37.9 Å². The molecule has 1 aromatic heterocycles. The molecule has 0 saturated carbocycles. The number of amides is 2. The number of nitrogens with one attached hydrogen (secondary N) is 1. The van der Waals surface area contributed by atoms with Crippen LogP contribution in [0.3, 0.4) is 0 Å². The molecule has 2 amide bonds. The van der Waals surface area contributed by atoms with Crippen LogP contribution in [0.1, 0.15) is 37.2 Å². The summed E-state index contributed by atoms with van der Waals surface area (Å²) in [5, 5.41) is 7.51. The Labute approximate surface area is 108 Å². The van der Waals surface area contributed by atoms with Gasteiger partial charge in [-0.25, -0.2) is 4.79 Å². The van der Waals surface area contributed by atoms with Gasteiger partial charge in [-0.2, -0.15) is 5.10 Å². The van der Waals surface area contributed by atoms with Crippen molar-refractivity contribution in [1.29, 1.82) is 0 Å². The van der Waals surface area contributed by atoms with E-state index in [-0.39, 0.29) is 6.03 Å². The summed E-state index contributed by atoms with van der Waals surface area (Å²) in [6.45, 7) is 6.59. The first-order valence-electron chi connectivity index (χ1n) is 6.73. The Morgan fingerprint density at radius 2 is 2.06 bits per heavy atom. The van der Waals surface area contributed by atoms with Gasteiger partial charge in [-0.1, -0.05) is 13.8 Å². The van der Waals surface area contributed by atoms with Crippen molar-refractivity contribution in [1.82, 2.24) is 20.0 Å². The summed E-state index contributed by atoms with van der Waals surface area (Å²) in [6, 6.07) is 0.0502. The topological polar surface area (TPSA) is 50.2 Å². The van der Waals surface area contributed by atoms with E-state index in [0.29, 0.717) is 6.54 Å². The standard InChI is InChI=1S/C13H22N4O/c1-4-11-10(12(5-2)16(3)15-11)9-14-13(18)17-7-6-8-17/h4-9H2,1-3H3,(H,14,18). The minimum absolute atomic E-state index is 0.0502. The molecule has 0 bridgehead atoms. The van der Waals surface area contributed by atoms with E-state index in [2.05, 4.69) is 24.3 Å². The fourth-order valence-corrected chi connectivity index (χ4v) is 2.39. The molecule has 0 atom stereocenters. The molecular formula is C13H22N4O. The van der Waals surface area contributed by atoms with Crippen molar-refractivity contribution in [2.45, 2.75) is 39.7 Å². The van der Waals surface area contributed by atoms with E-state index in [1.165, 1.54) is 11.3 Å². The molecule has 100 valence electrons. The SMILES string of the molecule is CCc1nn(C)c(CC)c1CNC(=O)N1CCC1. The van der Waals surface area contributed by atoms with Gasteiger partial charge in [-0.05, 0) is 19.3 Å². The van der Waals surface area contributed by atoms with Gasteiger partial charge in [-0.15, -0.1) is 0 Å². The predicted molar refractivity (Wildman–Crippen MR) is 70.4 cm³/mol. The van der Waals surface area contributed by atoms with Gasteiger partial charge in [0.05, 0.1) is 5.69 Å². The lowest BCUT2D eigenvalue weighted by Crippen LogP contribution is -2.47. The monoisotopic (exact) mass is 250 g/mol. The van der Waals surface area contributed by atoms with E-state index in [1.807, 2.05) is 16.6 Å². The summed E-state index contributed by atoms with van der Waals surface area (Å²) in [5.41, 5.74) is 3.50. The highest BCUT2D eigenvalue weighted by atomic mass is 16.2. The number of likely N-dealkylation sites (tertiary alicyclic amines) is 1. The number of carbonyl (C=O) groups is 1. The number of carbonyl (C=O) groups excluding carboxylic acids is 1. The van der Waals surface area contributed by atoms with E-state index >= 15 is 0 Å². The molecule has 2 heterocycles. The first-order valence-corrected chi connectivity index (χ1v) is 6.73. The van der Waals surface area contributed by atoms with Crippen molar-refractivity contribution in [3.05, 3.63) is 17.0 Å². The highest BCUT2D eigenvalue weighted by Gasteiger charge is 2.21. The average molecular weight is 250 g/mol. The van der Waals surface area contributed by atoms with Crippen LogP contribution in [-0.4, -0.2) is 33.8 Å². The van der Waals surface area contributed by atoms with E-state index in [0.717, 1.165) is 38.0 Å². The van der Waals surface area contributed by atoms with Crippen molar-refractivity contribution in [3.63, 3.8) is 0 Å². The van der Waals surface area contributed by atoms with Crippen LogP contribution in [0.4, 0.5) is 4.79 Å². The summed E-state index contributed by atoms with van der Waals surface area (Å²) in [5.74, 6) is 0. The number of hydrogen-bond donors (Lipinski definition) is 1. The second kappa shape index (κ2) is 5.42. The quantitative estimate of drug-likeness (QED) is 0.879. The predicted octanol–water partition coefficient (Wildman–Crippen LogP) is 1.46. The maximum absolute atomic E-state index is 11.8. The number of aromatic nitrogens is 2. The van der Waals surface area contributed by atoms with Crippen LogP contribution in [-0.2, 0) is 26.4 Å². The molecule has 1 fully saturated rings. The average Bonchev–Trinajstić information content (AvgIpc) is 2.59. The van der Waals surface area contributed by atoms with Crippen LogP contribution in [0, 0.1) is 0 Å². The Kier molecular flexibility index (Phi) is 3.89. The maximum atomic E-state index is 11.8. The maximum Gasteiger partial charge on any atom is 0.317 e. The number of nitrogens with zero attached hydrogens (tertiary/aromatic N) is 3. The largest absolute Gasteiger partial charge is 0.334 e. The van der Waals surface area contributed by atoms with E-state index in [9.17, 15) is 4.79 Å². The summed E-state index contributed by atoms with van der Waals surface area (Å²) >= 11 is 0. The Balaban J connectivity index is 2.05. The zero-order valence-electron chi connectivity index (χ0n) is 11.5. The van der Waals surface area contributed by atoms with Crippen LogP contribution in [0.25, 0.3) is 0 Å². The molecule has 1 aliphatic rings. The molecule has 0 aliphatic carbocycles. The highest BCUT2D eigenvalue weighted by molar-refractivity contribution is 5.74. The Bertz CT molecular complexity index is 434. The van der Waals surface area contributed by atoms with Gasteiger partial charge in [0.15, 0.2) is 0 Å². The Hall–Kier alpha value is -1.52. The van der Waals surface area contributed by atoms with Crippen LogP contribution < -0.4 is 5.32 Å². The molecule has 1 N–H and O–H groups in total. The van der Waals surface area contributed by atoms with Gasteiger partial charge >= 0.3 is 6.03 Å². The van der Waals surface area contributed by atoms with Crippen LogP contribution in [0.5, 0.6) is 0 Å². The third kappa shape index (κ3) is 2.35. The first kappa shape index (κ1) is 12.9. The molecule has 1 aromatic rings. The van der Waals surface area contributed by atoms with Gasteiger partial charge in [0.2, 0.25) is 0 Å². The zero-order valence-corrected chi connectivity index (χ0v) is 11.5. The zero-order chi connectivity index (χ0) is 13.1. The number of hydrogen-bond acceptors (Lipinski definition) is 2. The van der Waals surface area contributed by atoms with Crippen LogP contribution in [0.2, 0.25) is 0 Å². The van der Waals surface area contributed by atoms with Crippen molar-refractivity contribution >= 4 is 6.03 Å². The number of aryl methyl sites for hydroxylation is 2. The normalized spacial score (nSPS) is 14.5. The molecule has 1 aliphatic heterocycles. The lowest BCUT2D eigenvalue weighted by molar-refractivity contribution is 0.167. The number of rotatable bonds is 4. The third-order valence-electron chi connectivity index (χ3n) is 3.59. The lowest BCUT2D eigenvalue weighted by Gasteiger charge is -2.30. The Morgan fingerprint density at radius 1 is 1.33 bits per heavy atom. The summed E-state index contributed by atoms with van der Waals surface area (Å²) in [6.07, 6.45) is 2.97. The van der Waals surface area contributed by atoms with Gasteiger partial charge < -0.3 is 10.2 Å². The third-order valence-corrected chi connectivity index (χ3v) is 3.59. The highest BCUT2D eigenvalue weighted by Crippen LogP contribution is 2.15. The van der Waals surface area contributed by atoms with Crippen LogP contribution >= 0.6 is 0 Å². The molecule has 5 heteroatoms. The van der Waals surface area contributed by atoms with Gasteiger partial charge in [0.1, 0.15) is 0 Å². The molecule has 0 spiro atoms. The number of urea groups is 1. The Morgan fingerprint density at radius 3 is 2.56 bits per heavy atom. The molecule has 0 unspecified atom stereocenters. The molecule has 0 aromatic carbocycles. The minimum atomic E-state index is 0.0502. The molecule has 5 nitrogen and oxygen atoms in total. The summed E-state index contributed by atoms with van der Waals surface area (Å²) in [7, 11) is 1.97. The molecule has 0 radical (unpaired) electrons. The first-order chi connectivity index (χ1) is 8.67. The van der Waals surface area contributed by atoms with Crippen molar-refractivity contribution in [2.75, 3.05) is 13.1 Å². The molecular weight excluding hydrogens is 228 g/mol. The minimum Gasteiger partial charge on any atom is -0.334 e. The fourth-order valence-electron chi connectivity index (χ4n) is 2.39. The van der Waals surface area contributed by atoms with Crippen LogP contribution in [0.15, 0.2) is 0 Å². The van der Waals surface area contributed by atoms with E-state index in [4.69, 9.17) is 0 Å². The molecule has 18 heavy (non-hydrogen) atoms. The second-order valence-corrected chi connectivity index (χ2v) is 4.70.